The first kappa shape index (κ1) is 21.6. The number of benzene rings is 1. The van der Waals surface area contributed by atoms with Crippen molar-refractivity contribution < 1.29 is 14.2 Å². The number of aryl methyl sites for hydroxylation is 4. The molecule has 158 valence electrons. The van der Waals surface area contributed by atoms with Gasteiger partial charge in [-0.1, -0.05) is 12.1 Å². The molecule has 0 aliphatic carbocycles. The minimum absolute atomic E-state index is 0.676. The van der Waals surface area contributed by atoms with Crippen LogP contribution in [0.3, 0.4) is 0 Å². The molecule has 0 N–H and O–H groups in total. The van der Waals surface area contributed by atoms with Crippen molar-refractivity contribution in [3.05, 3.63) is 77.4 Å². The summed E-state index contributed by atoms with van der Waals surface area (Å²) in [6, 6.07) is 10.4. The maximum Gasteiger partial charge on any atom is 0.203 e. The Labute approximate surface area is 179 Å². The number of pyridine rings is 2. The van der Waals surface area contributed by atoms with Crippen molar-refractivity contribution in [1.29, 1.82) is 0 Å². The maximum absolute atomic E-state index is 5.72. The molecule has 0 atom stereocenters. The van der Waals surface area contributed by atoms with Crippen LogP contribution in [0.15, 0.2) is 55.1 Å². The Morgan fingerprint density at radius 1 is 0.633 bits per heavy atom. The van der Waals surface area contributed by atoms with Gasteiger partial charge in [-0.2, -0.15) is 0 Å². The highest BCUT2D eigenvalue weighted by Crippen LogP contribution is 2.43. The number of rotatable bonds is 11. The molecular formula is C25H30N2O3. The van der Waals surface area contributed by atoms with Crippen LogP contribution in [-0.2, 0) is 25.7 Å². The zero-order chi connectivity index (χ0) is 21.2. The van der Waals surface area contributed by atoms with Crippen LogP contribution in [-0.4, -0.2) is 31.3 Å². The second-order valence-corrected chi connectivity index (χ2v) is 7.22. The standard InChI is InChI=1S/C25H30N2O3/c1-28-23-21(12-4-8-19-10-6-14-26-17-19)16-22(24(29-2)25(23)30-3)13-5-9-20-11-7-15-27-18-20/h6-7,10-11,14-18H,4-5,8-9,12-13H2,1-3H3. The summed E-state index contributed by atoms with van der Waals surface area (Å²) in [4.78, 5) is 8.40. The fraction of sp³-hybridized carbons (Fsp3) is 0.360. The zero-order valence-electron chi connectivity index (χ0n) is 18.1. The Kier molecular flexibility index (Phi) is 8.07. The van der Waals surface area contributed by atoms with E-state index in [1.807, 2.05) is 24.5 Å². The normalized spacial score (nSPS) is 10.6. The molecule has 30 heavy (non-hydrogen) atoms. The number of nitrogens with zero attached hydrogens (tertiary/aromatic N) is 2. The lowest BCUT2D eigenvalue weighted by Gasteiger charge is -2.19. The first-order valence-corrected chi connectivity index (χ1v) is 10.3. The van der Waals surface area contributed by atoms with Gasteiger partial charge in [-0.15, -0.1) is 0 Å². The van der Waals surface area contributed by atoms with Crippen LogP contribution >= 0.6 is 0 Å². The average molecular weight is 407 g/mol. The second kappa shape index (κ2) is 11.2. The Morgan fingerprint density at radius 3 is 1.47 bits per heavy atom. The molecule has 5 nitrogen and oxygen atoms in total. The first-order chi connectivity index (χ1) is 14.8. The lowest BCUT2D eigenvalue weighted by Crippen LogP contribution is -2.04. The van der Waals surface area contributed by atoms with E-state index in [4.69, 9.17) is 14.2 Å². The van der Waals surface area contributed by atoms with Gasteiger partial charge in [0, 0.05) is 24.8 Å². The van der Waals surface area contributed by atoms with E-state index < -0.39 is 0 Å². The van der Waals surface area contributed by atoms with Crippen molar-refractivity contribution in [2.45, 2.75) is 38.5 Å². The van der Waals surface area contributed by atoms with Crippen molar-refractivity contribution in [3.8, 4) is 17.2 Å². The third-order valence-electron chi connectivity index (χ3n) is 5.23. The average Bonchev–Trinajstić information content (AvgIpc) is 2.80. The Bertz CT molecular complexity index is 843. The van der Waals surface area contributed by atoms with Gasteiger partial charge < -0.3 is 14.2 Å². The Morgan fingerprint density at radius 2 is 1.10 bits per heavy atom. The van der Waals surface area contributed by atoms with E-state index in [1.165, 1.54) is 11.1 Å². The van der Waals surface area contributed by atoms with E-state index in [0.29, 0.717) is 5.75 Å². The molecule has 0 bridgehead atoms. The molecule has 0 saturated heterocycles. The van der Waals surface area contributed by atoms with Gasteiger partial charge in [0.1, 0.15) is 0 Å². The van der Waals surface area contributed by atoms with E-state index in [2.05, 4.69) is 28.2 Å². The lowest BCUT2D eigenvalue weighted by atomic mass is 9.97. The third kappa shape index (κ3) is 5.50. The van der Waals surface area contributed by atoms with Gasteiger partial charge >= 0.3 is 0 Å². The van der Waals surface area contributed by atoms with E-state index in [0.717, 1.165) is 61.2 Å². The number of aromatic nitrogens is 2. The summed E-state index contributed by atoms with van der Waals surface area (Å²) in [5.74, 6) is 2.20. The SMILES string of the molecule is COc1c(CCCc2cccnc2)cc(CCCc2cccnc2)c(OC)c1OC. The van der Waals surface area contributed by atoms with Gasteiger partial charge in [0.25, 0.3) is 0 Å². The predicted octanol–water partition coefficient (Wildman–Crippen LogP) is 4.85. The molecule has 0 spiro atoms. The molecule has 0 saturated carbocycles. The predicted molar refractivity (Wildman–Crippen MR) is 119 cm³/mol. The van der Waals surface area contributed by atoms with Crippen LogP contribution in [0, 0.1) is 0 Å². The molecule has 2 heterocycles. The summed E-state index contributed by atoms with van der Waals surface area (Å²) < 4.78 is 17.1. The number of ether oxygens (including phenoxy) is 3. The van der Waals surface area contributed by atoms with E-state index in [9.17, 15) is 0 Å². The van der Waals surface area contributed by atoms with Crippen molar-refractivity contribution in [2.75, 3.05) is 21.3 Å². The fourth-order valence-corrected chi connectivity index (χ4v) is 3.80. The van der Waals surface area contributed by atoms with Crippen molar-refractivity contribution in [3.63, 3.8) is 0 Å². The highest BCUT2D eigenvalue weighted by Gasteiger charge is 2.20. The van der Waals surface area contributed by atoms with Crippen LogP contribution < -0.4 is 14.2 Å². The summed E-state index contributed by atoms with van der Waals surface area (Å²) >= 11 is 0. The smallest absolute Gasteiger partial charge is 0.203 e. The number of methoxy groups -OCH3 is 3. The van der Waals surface area contributed by atoms with Crippen LogP contribution in [0.4, 0.5) is 0 Å². The lowest BCUT2D eigenvalue weighted by molar-refractivity contribution is 0.319. The molecule has 1 aromatic carbocycles. The minimum atomic E-state index is 0.676. The molecule has 0 fully saturated rings. The Hall–Kier alpha value is -3.08. The summed E-state index contributed by atoms with van der Waals surface area (Å²) in [5.41, 5.74) is 4.79. The monoisotopic (exact) mass is 406 g/mol. The number of hydrogen-bond donors (Lipinski definition) is 0. The largest absolute Gasteiger partial charge is 0.492 e. The van der Waals surface area contributed by atoms with Gasteiger partial charge in [-0.25, -0.2) is 0 Å². The van der Waals surface area contributed by atoms with Gasteiger partial charge in [-0.05, 0) is 79.0 Å². The molecule has 0 amide bonds. The first-order valence-electron chi connectivity index (χ1n) is 10.3. The van der Waals surface area contributed by atoms with Crippen LogP contribution in [0.2, 0.25) is 0 Å². The molecule has 3 aromatic rings. The van der Waals surface area contributed by atoms with Crippen molar-refractivity contribution in [2.24, 2.45) is 0 Å². The molecule has 5 heteroatoms. The number of hydrogen-bond acceptors (Lipinski definition) is 5. The molecule has 0 aliphatic heterocycles. The van der Waals surface area contributed by atoms with Crippen molar-refractivity contribution >= 4 is 0 Å². The van der Waals surface area contributed by atoms with E-state index in [1.54, 1.807) is 33.7 Å². The maximum atomic E-state index is 5.72. The quantitative estimate of drug-likeness (QED) is 0.455. The topological polar surface area (TPSA) is 53.5 Å². The Balaban J connectivity index is 1.77. The fourth-order valence-electron chi connectivity index (χ4n) is 3.80. The van der Waals surface area contributed by atoms with E-state index >= 15 is 0 Å². The van der Waals surface area contributed by atoms with Gasteiger partial charge in [0.05, 0.1) is 21.3 Å². The van der Waals surface area contributed by atoms with Crippen LogP contribution in [0.25, 0.3) is 0 Å². The van der Waals surface area contributed by atoms with Crippen molar-refractivity contribution in [1.82, 2.24) is 9.97 Å². The van der Waals surface area contributed by atoms with Crippen LogP contribution in [0.1, 0.15) is 35.1 Å². The highest BCUT2D eigenvalue weighted by molar-refractivity contribution is 5.60. The van der Waals surface area contributed by atoms with Gasteiger partial charge in [0.15, 0.2) is 11.5 Å². The molecule has 0 radical (unpaired) electrons. The zero-order valence-corrected chi connectivity index (χ0v) is 18.1. The minimum Gasteiger partial charge on any atom is -0.492 e. The molecule has 2 aromatic heterocycles. The summed E-state index contributed by atoms with van der Waals surface area (Å²) in [6.07, 6.45) is 13.2. The molecule has 0 unspecified atom stereocenters. The molecule has 3 rings (SSSR count). The summed E-state index contributed by atoms with van der Waals surface area (Å²) in [6.45, 7) is 0. The summed E-state index contributed by atoms with van der Waals surface area (Å²) in [7, 11) is 5.03. The van der Waals surface area contributed by atoms with E-state index in [-0.39, 0.29) is 0 Å². The van der Waals surface area contributed by atoms with Gasteiger partial charge in [-0.3, -0.25) is 9.97 Å². The molecule has 0 aliphatic rings. The van der Waals surface area contributed by atoms with Crippen LogP contribution in [0.5, 0.6) is 17.2 Å². The third-order valence-corrected chi connectivity index (χ3v) is 5.23. The molecular weight excluding hydrogens is 376 g/mol. The van der Waals surface area contributed by atoms with Gasteiger partial charge in [0.2, 0.25) is 5.75 Å². The summed E-state index contributed by atoms with van der Waals surface area (Å²) in [5, 5.41) is 0. The second-order valence-electron chi connectivity index (χ2n) is 7.22. The highest BCUT2D eigenvalue weighted by atomic mass is 16.5.